The van der Waals surface area contributed by atoms with E-state index in [1.807, 2.05) is 30.3 Å². The molecule has 0 aliphatic carbocycles. The molecule has 0 bridgehead atoms. The maximum Gasteiger partial charge on any atom is 0.242 e. The molecule has 1 aliphatic heterocycles. The molecule has 0 saturated heterocycles. The van der Waals surface area contributed by atoms with Gasteiger partial charge in [-0.15, -0.1) is 0 Å². The van der Waals surface area contributed by atoms with Gasteiger partial charge in [0.2, 0.25) is 5.91 Å². The molecule has 1 aliphatic rings. The fourth-order valence-corrected chi connectivity index (χ4v) is 5.09. The van der Waals surface area contributed by atoms with Crippen LogP contribution in [0.25, 0.3) is 5.69 Å². The van der Waals surface area contributed by atoms with E-state index in [4.69, 9.17) is 21.1 Å². The van der Waals surface area contributed by atoms with Gasteiger partial charge in [-0.3, -0.25) is 4.79 Å². The number of aromatic nitrogens is 2. The van der Waals surface area contributed by atoms with Gasteiger partial charge in [-0.1, -0.05) is 29.8 Å². The van der Waals surface area contributed by atoms with Crippen LogP contribution in [-0.2, 0) is 20.4 Å². The Kier molecular flexibility index (Phi) is 6.12. The summed E-state index contributed by atoms with van der Waals surface area (Å²) in [6, 6.07) is 14.1. The first kappa shape index (κ1) is 22.2. The Morgan fingerprint density at radius 1 is 1.16 bits per heavy atom. The second-order valence-electron chi connectivity index (χ2n) is 7.40. The Morgan fingerprint density at radius 2 is 1.84 bits per heavy atom. The summed E-state index contributed by atoms with van der Waals surface area (Å²) in [5, 5.41) is 5.91. The molecule has 0 saturated carbocycles. The van der Waals surface area contributed by atoms with E-state index in [2.05, 4.69) is 10.4 Å². The molecule has 1 N–H and O–H groups in total. The van der Waals surface area contributed by atoms with Gasteiger partial charge < -0.3 is 14.8 Å². The zero-order valence-corrected chi connectivity index (χ0v) is 19.1. The van der Waals surface area contributed by atoms with Crippen molar-refractivity contribution in [2.45, 2.75) is 24.9 Å². The molecule has 0 radical (unpaired) electrons. The van der Waals surface area contributed by atoms with E-state index >= 15 is 0 Å². The highest BCUT2D eigenvalue weighted by Crippen LogP contribution is 2.33. The van der Waals surface area contributed by atoms with E-state index in [-0.39, 0.29) is 5.15 Å². The van der Waals surface area contributed by atoms with Gasteiger partial charge >= 0.3 is 0 Å². The third-order valence-corrected chi connectivity index (χ3v) is 7.56. The molecule has 2 heterocycles. The third-order valence-electron chi connectivity index (χ3n) is 5.19. The number of para-hydroxylation sites is 1. The first-order valence-electron chi connectivity index (χ1n) is 9.98. The summed E-state index contributed by atoms with van der Waals surface area (Å²) >= 11 is 6.46. The molecule has 1 atom stereocenters. The van der Waals surface area contributed by atoms with Crippen LogP contribution in [0.4, 0.5) is 5.69 Å². The smallest absolute Gasteiger partial charge is 0.242 e. The minimum atomic E-state index is -3.87. The summed E-state index contributed by atoms with van der Waals surface area (Å²) in [7, 11) is -3.87. The molecule has 0 fully saturated rings. The summed E-state index contributed by atoms with van der Waals surface area (Å²) in [6.45, 7) is 3.91. The Morgan fingerprint density at radius 3 is 2.56 bits per heavy atom. The highest BCUT2D eigenvalue weighted by Gasteiger charge is 2.31. The number of amides is 1. The topological polar surface area (TPSA) is 99.5 Å². The Balaban J connectivity index is 1.51. The second kappa shape index (κ2) is 8.84. The van der Waals surface area contributed by atoms with Crippen LogP contribution in [0.2, 0.25) is 5.15 Å². The second-order valence-corrected chi connectivity index (χ2v) is 10.1. The maximum absolute atomic E-state index is 13.0. The number of hydrogen-bond acceptors (Lipinski definition) is 6. The van der Waals surface area contributed by atoms with Crippen molar-refractivity contribution in [1.82, 2.24) is 9.78 Å². The number of benzene rings is 2. The monoisotopic (exact) mass is 475 g/mol. The van der Waals surface area contributed by atoms with Gasteiger partial charge in [0, 0.05) is 17.3 Å². The third kappa shape index (κ3) is 4.44. The van der Waals surface area contributed by atoms with Gasteiger partial charge in [0.15, 0.2) is 21.3 Å². The Bertz CT molecular complexity index is 1260. The molecular formula is C22H22ClN3O5S. The van der Waals surface area contributed by atoms with Crippen molar-refractivity contribution in [2.75, 3.05) is 18.5 Å². The van der Waals surface area contributed by atoms with E-state index in [9.17, 15) is 13.2 Å². The minimum absolute atomic E-state index is 0.205. The number of hydrogen-bond donors (Lipinski definition) is 1. The Labute approximate surface area is 191 Å². The number of aryl methyl sites for hydroxylation is 1. The van der Waals surface area contributed by atoms with Crippen molar-refractivity contribution >= 4 is 33.0 Å². The summed E-state index contributed by atoms with van der Waals surface area (Å²) in [6.07, 6.45) is 0. The first-order valence-corrected chi connectivity index (χ1v) is 12.1. The molecule has 2 aromatic carbocycles. The number of halogens is 1. The van der Waals surface area contributed by atoms with Crippen LogP contribution >= 0.6 is 11.6 Å². The van der Waals surface area contributed by atoms with E-state index in [0.717, 1.165) is 0 Å². The molecule has 1 unspecified atom stereocenters. The average Bonchev–Trinajstić information content (AvgIpc) is 3.07. The number of ether oxygens (including phenoxy) is 2. The number of fused-ring (bicyclic) bond motifs is 1. The largest absolute Gasteiger partial charge is 0.486 e. The summed E-state index contributed by atoms with van der Waals surface area (Å²) in [5.41, 5.74) is 2.00. The highest BCUT2D eigenvalue weighted by molar-refractivity contribution is 7.92. The molecule has 4 rings (SSSR count). The lowest BCUT2D eigenvalue weighted by Gasteiger charge is -2.19. The summed E-state index contributed by atoms with van der Waals surface area (Å²) in [5.74, 6) is 0.0295. The zero-order valence-electron chi connectivity index (χ0n) is 17.5. The number of nitrogens with one attached hydrogen (secondary N) is 1. The minimum Gasteiger partial charge on any atom is -0.486 e. The molecule has 0 spiro atoms. The number of sulfone groups is 1. The van der Waals surface area contributed by atoms with E-state index in [1.54, 1.807) is 25.1 Å². The molecule has 8 nitrogen and oxygen atoms in total. The predicted molar refractivity (Wildman–Crippen MR) is 121 cm³/mol. The van der Waals surface area contributed by atoms with Gasteiger partial charge in [0.05, 0.1) is 17.1 Å². The lowest BCUT2D eigenvalue weighted by molar-refractivity contribution is -0.115. The van der Waals surface area contributed by atoms with Crippen LogP contribution in [0.1, 0.15) is 18.2 Å². The van der Waals surface area contributed by atoms with Crippen molar-refractivity contribution in [3.63, 3.8) is 0 Å². The molecule has 1 amide bonds. The maximum atomic E-state index is 13.0. The zero-order chi connectivity index (χ0) is 22.9. The SMILES string of the molecule is Cc1nn(-c2ccccc2)c(Cl)c1CS(=O)(=O)C(C)C(=O)Nc1ccc2c(c1)OCCO2. The van der Waals surface area contributed by atoms with E-state index in [1.165, 1.54) is 11.6 Å². The van der Waals surface area contributed by atoms with Gasteiger partial charge in [0.25, 0.3) is 0 Å². The summed E-state index contributed by atoms with van der Waals surface area (Å²) in [4.78, 5) is 12.7. The molecular weight excluding hydrogens is 454 g/mol. The number of anilines is 1. The van der Waals surface area contributed by atoms with Crippen LogP contribution in [0, 0.1) is 6.92 Å². The van der Waals surface area contributed by atoms with Crippen molar-refractivity contribution in [2.24, 2.45) is 0 Å². The summed E-state index contributed by atoms with van der Waals surface area (Å²) < 4.78 is 38.5. The number of carbonyl (C=O) groups is 1. The normalized spacial score (nSPS) is 14.1. The van der Waals surface area contributed by atoms with Crippen LogP contribution in [0.3, 0.4) is 0 Å². The molecule has 168 valence electrons. The Hall–Kier alpha value is -3.04. The van der Waals surface area contributed by atoms with Crippen molar-refractivity contribution in [1.29, 1.82) is 0 Å². The fourth-order valence-electron chi connectivity index (χ4n) is 3.29. The van der Waals surface area contributed by atoms with E-state index in [0.29, 0.717) is 47.3 Å². The number of rotatable bonds is 6. The van der Waals surface area contributed by atoms with Crippen molar-refractivity contribution < 1.29 is 22.7 Å². The van der Waals surface area contributed by atoms with Crippen molar-refractivity contribution in [3.8, 4) is 17.2 Å². The highest BCUT2D eigenvalue weighted by atomic mass is 35.5. The lowest BCUT2D eigenvalue weighted by atomic mass is 10.2. The number of nitrogens with zero attached hydrogens (tertiary/aromatic N) is 2. The van der Waals surface area contributed by atoms with Crippen LogP contribution < -0.4 is 14.8 Å². The van der Waals surface area contributed by atoms with Gasteiger partial charge in [-0.25, -0.2) is 13.1 Å². The first-order chi connectivity index (χ1) is 15.3. The van der Waals surface area contributed by atoms with Gasteiger partial charge in [-0.2, -0.15) is 5.10 Å². The average molecular weight is 476 g/mol. The predicted octanol–water partition coefficient (Wildman–Crippen LogP) is 3.55. The lowest BCUT2D eigenvalue weighted by Crippen LogP contribution is -2.33. The number of carbonyl (C=O) groups excluding carboxylic acids is 1. The van der Waals surface area contributed by atoms with Crippen LogP contribution in [0.15, 0.2) is 48.5 Å². The fraction of sp³-hybridized carbons (Fsp3) is 0.273. The van der Waals surface area contributed by atoms with Crippen LogP contribution in [0.5, 0.6) is 11.5 Å². The van der Waals surface area contributed by atoms with Crippen molar-refractivity contribution in [3.05, 3.63) is 64.9 Å². The quantitative estimate of drug-likeness (QED) is 0.585. The standard InChI is InChI=1S/C22H22ClN3O5S/c1-14-18(21(23)26(25-14)17-6-4-3-5-7-17)13-32(28,29)15(2)22(27)24-16-8-9-19-20(12-16)31-11-10-30-19/h3-9,12,15H,10-11,13H2,1-2H3,(H,24,27). The molecule has 3 aromatic rings. The molecule has 10 heteroatoms. The van der Waals surface area contributed by atoms with Crippen LogP contribution in [-0.4, -0.2) is 42.6 Å². The van der Waals surface area contributed by atoms with Gasteiger partial charge in [-0.05, 0) is 38.1 Å². The van der Waals surface area contributed by atoms with Gasteiger partial charge in [0.1, 0.15) is 23.6 Å². The van der Waals surface area contributed by atoms with E-state index < -0.39 is 26.7 Å². The molecule has 32 heavy (non-hydrogen) atoms. The molecule has 1 aromatic heterocycles.